The minimum atomic E-state index is -0.791. The van der Waals surface area contributed by atoms with Crippen molar-refractivity contribution in [2.24, 2.45) is 0 Å². The van der Waals surface area contributed by atoms with Crippen LogP contribution in [-0.4, -0.2) is 37.2 Å². The SMILES string of the molecule is CC/C=C\C/C=C\C/C=C\C/C=C\C/C=C\CCCCCC(=O)OCC(COC(=O)CCCCCCCCCCCCCCC)OC(=O)CCCCCCC/C=C\CCCCCCC. The number of allylic oxidation sites excluding steroid dienone is 12. The summed E-state index contributed by atoms with van der Waals surface area (Å²) in [6.45, 7) is 6.49. The quantitative estimate of drug-likeness (QED) is 0.0262. The summed E-state index contributed by atoms with van der Waals surface area (Å²) in [4.78, 5) is 38.0. The van der Waals surface area contributed by atoms with E-state index in [1.807, 2.05) is 0 Å². The molecule has 0 aromatic heterocycles. The topological polar surface area (TPSA) is 78.9 Å². The van der Waals surface area contributed by atoms with Gasteiger partial charge in [-0.3, -0.25) is 14.4 Å². The second-order valence-corrected chi connectivity index (χ2v) is 17.8. The molecule has 1 unspecified atom stereocenters. The second kappa shape index (κ2) is 52.5. The van der Waals surface area contributed by atoms with Gasteiger partial charge in [0.25, 0.3) is 0 Å². The molecule has 0 fully saturated rings. The van der Waals surface area contributed by atoms with Crippen LogP contribution in [0, 0.1) is 0 Å². The molecule has 1 atom stereocenters. The van der Waals surface area contributed by atoms with Crippen LogP contribution < -0.4 is 0 Å². The normalized spacial score (nSPS) is 12.6. The van der Waals surface area contributed by atoms with Gasteiger partial charge in [0, 0.05) is 19.3 Å². The molecule has 0 saturated heterocycles. The summed E-state index contributed by atoms with van der Waals surface area (Å²) < 4.78 is 16.8. The van der Waals surface area contributed by atoms with Crippen LogP contribution in [0.5, 0.6) is 0 Å². The number of esters is 3. The first-order chi connectivity index (χ1) is 31.5. The van der Waals surface area contributed by atoms with Crippen molar-refractivity contribution in [2.75, 3.05) is 13.2 Å². The molecule has 0 spiro atoms. The molecular weight excluding hydrogens is 793 g/mol. The maximum Gasteiger partial charge on any atom is 0.306 e. The largest absolute Gasteiger partial charge is 0.462 e. The standard InChI is InChI=1S/C58H100O6/c1-4-7-10-13-16-19-22-25-27-28-29-30-31-34-36-39-42-45-48-51-57(60)63-54-55(53-62-56(59)50-47-44-41-38-35-32-24-21-18-15-12-9-6-3)64-58(61)52-49-46-43-40-37-33-26-23-20-17-14-11-8-5-2/h7,10,16,19,23,25-27,29-30,34,36,55H,4-6,8-9,11-15,17-18,20-22,24,28,31-33,35,37-54H2,1-3H3/b10-7-,19-16-,26-23-,27-25-,30-29-,36-34-. The summed E-state index contributed by atoms with van der Waals surface area (Å²) in [5.74, 6) is -0.925. The van der Waals surface area contributed by atoms with Crippen LogP contribution in [0.15, 0.2) is 72.9 Å². The van der Waals surface area contributed by atoms with Crippen molar-refractivity contribution < 1.29 is 28.6 Å². The lowest BCUT2D eigenvalue weighted by Crippen LogP contribution is -2.30. The lowest BCUT2D eigenvalue weighted by molar-refractivity contribution is -0.167. The minimum absolute atomic E-state index is 0.0875. The Labute approximate surface area is 395 Å². The van der Waals surface area contributed by atoms with Gasteiger partial charge in [-0.1, -0.05) is 222 Å². The molecule has 0 N–H and O–H groups in total. The average Bonchev–Trinajstić information content (AvgIpc) is 3.29. The van der Waals surface area contributed by atoms with Gasteiger partial charge in [-0.15, -0.1) is 0 Å². The fourth-order valence-corrected chi connectivity index (χ4v) is 7.40. The molecule has 0 amide bonds. The van der Waals surface area contributed by atoms with E-state index in [1.165, 1.54) is 109 Å². The summed E-state index contributed by atoms with van der Waals surface area (Å²) in [5, 5.41) is 0. The molecular formula is C58H100O6. The monoisotopic (exact) mass is 893 g/mol. The van der Waals surface area contributed by atoms with E-state index in [-0.39, 0.29) is 31.1 Å². The van der Waals surface area contributed by atoms with E-state index in [4.69, 9.17) is 14.2 Å². The summed E-state index contributed by atoms with van der Waals surface area (Å²) in [6.07, 6.45) is 66.0. The molecule has 0 aliphatic rings. The van der Waals surface area contributed by atoms with E-state index in [9.17, 15) is 14.4 Å². The van der Waals surface area contributed by atoms with Gasteiger partial charge in [-0.2, -0.15) is 0 Å². The van der Waals surface area contributed by atoms with Crippen LogP contribution in [0.3, 0.4) is 0 Å². The van der Waals surface area contributed by atoms with Crippen molar-refractivity contribution in [3.63, 3.8) is 0 Å². The van der Waals surface area contributed by atoms with Gasteiger partial charge in [0.05, 0.1) is 0 Å². The number of carbonyl (C=O) groups excluding carboxylic acids is 3. The number of hydrogen-bond acceptors (Lipinski definition) is 6. The van der Waals surface area contributed by atoms with Crippen LogP contribution in [-0.2, 0) is 28.6 Å². The lowest BCUT2D eigenvalue weighted by atomic mass is 10.0. The molecule has 0 aromatic carbocycles. The molecule has 0 aliphatic carbocycles. The highest BCUT2D eigenvalue weighted by Gasteiger charge is 2.19. The van der Waals surface area contributed by atoms with Crippen molar-refractivity contribution in [3.05, 3.63) is 72.9 Å². The van der Waals surface area contributed by atoms with E-state index in [0.717, 1.165) is 109 Å². The summed E-state index contributed by atoms with van der Waals surface area (Å²) in [6, 6.07) is 0. The molecule has 0 saturated carbocycles. The Morgan fingerprint density at radius 2 is 0.609 bits per heavy atom. The van der Waals surface area contributed by atoms with Crippen LogP contribution in [0.2, 0.25) is 0 Å². The predicted octanol–water partition coefficient (Wildman–Crippen LogP) is 17.8. The van der Waals surface area contributed by atoms with Crippen LogP contribution >= 0.6 is 0 Å². The number of ether oxygens (including phenoxy) is 3. The van der Waals surface area contributed by atoms with Crippen LogP contribution in [0.25, 0.3) is 0 Å². The Kier molecular flexibility index (Phi) is 49.9. The minimum Gasteiger partial charge on any atom is -0.462 e. The Hall–Kier alpha value is -3.15. The zero-order valence-electron chi connectivity index (χ0n) is 42.0. The third-order valence-corrected chi connectivity index (χ3v) is 11.4. The van der Waals surface area contributed by atoms with E-state index in [0.29, 0.717) is 19.3 Å². The highest BCUT2D eigenvalue weighted by atomic mass is 16.6. The van der Waals surface area contributed by atoms with Gasteiger partial charge in [0.15, 0.2) is 6.10 Å². The zero-order chi connectivity index (χ0) is 46.5. The van der Waals surface area contributed by atoms with E-state index >= 15 is 0 Å². The van der Waals surface area contributed by atoms with Crippen molar-refractivity contribution in [2.45, 2.75) is 264 Å². The molecule has 0 bridgehead atoms. The van der Waals surface area contributed by atoms with Crippen LogP contribution in [0.1, 0.15) is 258 Å². The molecule has 0 radical (unpaired) electrons. The number of unbranched alkanes of at least 4 members (excludes halogenated alkanes) is 25. The molecule has 6 heteroatoms. The Bertz CT molecular complexity index is 1210. The van der Waals surface area contributed by atoms with E-state index < -0.39 is 6.10 Å². The maximum atomic E-state index is 12.8. The molecule has 6 nitrogen and oxygen atoms in total. The van der Waals surface area contributed by atoms with Crippen molar-refractivity contribution in [1.29, 1.82) is 0 Å². The van der Waals surface area contributed by atoms with Gasteiger partial charge >= 0.3 is 17.9 Å². The van der Waals surface area contributed by atoms with E-state index in [1.54, 1.807) is 0 Å². The van der Waals surface area contributed by atoms with Gasteiger partial charge in [-0.25, -0.2) is 0 Å². The lowest BCUT2D eigenvalue weighted by Gasteiger charge is -2.18. The maximum absolute atomic E-state index is 12.8. The van der Waals surface area contributed by atoms with Gasteiger partial charge in [0.2, 0.25) is 0 Å². The Balaban J connectivity index is 4.43. The van der Waals surface area contributed by atoms with Crippen molar-refractivity contribution in [1.82, 2.24) is 0 Å². The smallest absolute Gasteiger partial charge is 0.306 e. The van der Waals surface area contributed by atoms with E-state index in [2.05, 4.69) is 93.7 Å². The number of carbonyl (C=O) groups is 3. The first-order valence-electron chi connectivity index (χ1n) is 26.9. The summed E-state index contributed by atoms with van der Waals surface area (Å²) in [5.41, 5.74) is 0. The highest BCUT2D eigenvalue weighted by Crippen LogP contribution is 2.15. The third kappa shape index (κ3) is 49.9. The Morgan fingerprint density at radius 1 is 0.328 bits per heavy atom. The van der Waals surface area contributed by atoms with Gasteiger partial charge in [0.1, 0.15) is 13.2 Å². The average molecular weight is 893 g/mol. The van der Waals surface area contributed by atoms with Crippen molar-refractivity contribution in [3.8, 4) is 0 Å². The van der Waals surface area contributed by atoms with Crippen molar-refractivity contribution >= 4 is 17.9 Å². The first kappa shape index (κ1) is 60.9. The molecule has 368 valence electrons. The van der Waals surface area contributed by atoms with Gasteiger partial charge < -0.3 is 14.2 Å². The highest BCUT2D eigenvalue weighted by molar-refractivity contribution is 5.71. The second-order valence-electron chi connectivity index (χ2n) is 17.8. The van der Waals surface area contributed by atoms with Crippen LogP contribution in [0.4, 0.5) is 0 Å². The predicted molar refractivity (Wildman–Crippen MR) is 274 cm³/mol. The molecule has 0 aromatic rings. The first-order valence-corrected chi connectivity index (χ1v) is 26.9. The summed E-state index contributed by atoms with van der Waals surface area (Å²) >= 11 is 0. The molecule has 64 heavy (non-hydrogen) atoms. The Morgan fingerprint density at radius 3 is 0.984 bits per heavy atom. The molecule has 0 aliphatic heterocycles. The summed E-state index contributed by atoms with van der Waals surface area (Å²) in [7, 11) is 0. The molecule has 0 heterocycles. The zero-order valence-corrected chi connectivity index (χ0v) is 42.0. The number of hydrogen-bond donors (Lipinski definition) is 0. The fraction of sp³-hybridized carbons (Fsp3) is 0.741. The third-order valence-electron chi connectivity index (χ3n) is 11.4. The molecule has 0 rings (SSSR count). The number of rotatable bonds is 48. The van der Waals surface area contributed by atoms with Gasteiger partial charge in [-0.05, 0) is 89.9 Å². The fourth-order valence-electron chi connectivity index (χ4n) is 7.40.